The number of rotatable bonds is 8. The molecule has 64 heavy (non-hydrogen) atoms. The van der Waals surface area contributed by atoms with Gasteiger partial charge in [-0.15, -0.1) is 0 Å². The maximum Gasteiger partial charge on any atom is 0.417 e. The molecule has 4 aliphatic heterocycles. The second kappa shape index (κ2) is 22.2. The Bertz CT molecular complexity index is 2120. The number of fused-ring (bicyclic) bond motifs is 6. The van der Waals surface area contributed by atoms with Gasteiger partial charge in [0.1, 0.15) is 23.4 Å². The number of benzene rings is 1. The predicted molar refractivity (Wildman–Crippen MR) is 246 cm³/mol. The number of amides is 5. The zero-order chi connectivity index (χ0) is 48.3. The van der Waals surface area contributed by atoms with Crippen LogP contribution in [0.3, 0.4) is 0 Å². The summed E-state index contributed by atoms with van der Waals surface area (Å²) in [7, 11) is -7.63. The van der Waals surface area contributed by atoms with Gasteiger partial charge < -0.3 is 15.2 Å². The van der Waals surface area contributed by atoms with Gasteiger partial charge >= 0.3 is 108 Å². The van der Waals surface area contributed by atoms with Crippen molar-refractivity contribution in [3.05, 3.63) is 33.9 Å². The van der Waals surface area contributed by atoms with Crippen LogP contribution in [-0.4, -0.2) is 126 Å². The van der Waals surface area contributed by atoms with Crippen molar-refractivity contribution in [2.24, 2.45) is 29.4 Å². The van der Waals surface area contributed by atoms with Gasteiger partial charge in [-0.05, 0) is 60.3 Å². The average molecular weight is 1190 g/mol. The van der Waals surface area contributed by atoms with Crippen molar-refractivity contribution in [3.8, 4) is 0 Å². The van der Waals surface area contributed by atoms with Gasteiger partial charge in [0.15, 0.2) is 0 Å². The predicted octanol–water partition coefficient (Wildman–Crippen LogP) is 5.21. The standard InChI is InChI=1S/C14H21BrN2O7S.C14H22BrNO6S.C10H11IO4.CH4/c1-14(2,3)23-13(20)17-9-7(11(16)18)5-6(12(17)19)8(15)10(9)24-25(4,21)22;1-7-6-8-9(15)11(22-23(5,19)20)10(7)16(12(8)17)13(18)21-14(2,3)4;1-8(12)14-11(15-9(2)13)10-6-4-3-5-7-10;/h6-10H,5H2,1-4H3,(H2,16,18);7-11H,6H2,1-5H3;3-7H,1-2H3;1H4. The van der Waals surface area contributed by atoms with Crippen LogP contribution in [0.2, 0.25) is 0 Å². The largest absolute Gasteiger partial charge is 0.443 e. The maximum absolute atomic E-state index is 12.6. The van der Waals surface area contributed by atoms with Crippen LogP contribution >= 0.6 is 52.5 Å². The number of nitrogens with two attached hydrogens (primary N) is 1. The summed E-state index contributed by atoms with van der Waals surface area (Å²) in [5.74, 6) is -4.84. The van der Waals surface area contributed by atoms with Gasteiger partial charge in [0.25, 0.3) is 20.2 Å². The molecule has 20 nitrogen and oxygen atoms in total. The van der Waals surface area contributed by atoms with Crippen molar-refractivity contribution in [1.29, 1.82) is 0 Å². The molecule has 4 saturated heterocycles. The van der Waals surface area contributed by atoms with Crippen LogP contribution in [0.4, 0.5) is 9.59 Å². The zero-order valence-corrected chi connectivity index (χ0v) is 43.4. The molecule has 0 aromatic heterocycles. The molecule has 2 saturated carbocycles. The molecule has 1 aromatic carbocycles. The number of halogens is 3. The summed E-state index contributed by atoms with van der Waals surface area (Å²) in [5, 5.41) is 0. The Morgan fingerprint density at radius 2 is 1.08 bits per heavy atom. The summed E-state index contributed by atoms with van der Waals surface area (Å²) < 4.78 is 77.9. The number of hydrogen-bond donors (Lipinski definition) is 1. The van der Waals surface area contributed by atoms with Gasteiger partial charge in [-0.1, -0.05) is 46.2 Å². The maximum atomic E-state index is 12.6. The molecule has 6 fully saturated rings. The van der Waals surface area contributed by atoms with E-state index in [-0.39, 0.29) is 25.7 Å². The van der Waals surface area contributed by atoms with Crippen LogP contribution in [0.25, 0.3) is 0 Å². The first-order chi connectivity index (χ1) is 28.6. The van der Waals surface area contributed by atoms with Gasteiger partial charge in [0, 0.05) is 0 Å². The normalized spacial score (nSPS) is 27.6. The first-order valence-corrected chi connectivity index (χ1v) is 27.5. The van der Waals surface area contributed by atoms with E-state index in [0.29, 0.717) is 6.42 Å². The number of primary amides is 1. The topological polar surface area (TPSA) is 276 Å². The Balaban J connectivity index is 0.000000338. The molecule has 5 amide bonds. The van der Waals surface area contributed by atoms with Crippen LogP contribution in [0, 0.1) is 27.2 Å². The van der Waals surface area contributed by atoms with Crippen molar-refractivity contribution in [3.63, 3.8) is 0 Å². The molecule has 6 aliphatic rings. The molecule has 10 atom stereocenters. The minimum absolute atomic E-state index is 0. The number of piperidine rings is 4. The SMILES string of the molecule is C.CC(=O)OI(OC(C)=O)c1ccccc1.CC(C)(C)OC(=O)N1C(=O)C2CC(C(N)=O)C1C(OS(C)(=O)=O)C2Br.CC1CC2C(=O)N(C(=O)OC(C)(C)C)C1C(OS(C)(=O)=O)C2Br. The Morgan fingerprint density at radius 3 is 1.44 bits per heavy atom. The molecule has 25 heteroatoms. The van der Waals surface area contributed by atoms with E-state index < -0.39 is 140 Å². The van der Waals surface area contributed by atoms with E-state index in [1.165, 1.54) is 13.8 Å². The molecular formula is C39H58Br2IN3O17S2. The fraction of sp³-hybridized carbons (Fsp3) is 0.667. The van der Waals surface area contributed by atoms with E-state index in [1.807, 2.05) is 25.1 Å². The van der Waals surface area contributed by atoms with Crippen molar-refractivity contribution < 1.29 is 74.4 Å². The number of nitrogens with zero attached hydrogens (tertiary/aromatic N) is 2. The molecule has 2 aliphatic carbocycles. The molecule has 4 heterocycles. The summed E-state index contributed by atoms with van der Waals surface area (Å²) in [5.41, 5.74) is 3.78. The summed E-state index contributed by atoms with van der Waals surface area (Å²) in [6.07, 6.45) is -1.17. The van der Waals surface area contributed by atoms with Gasteiger partial charge in [-0.2, -0.15) is 16.8 Å². The minimum Gasteiger partial charge on any atom is -0.443 e. The monoisotopic (exact) mass is 1190 g/mol. The fourth-order valence-electron chi connectivity index (χ4n) is 7.23. The Labute approximate surface area is 399 Å². The van der Waals surface area contributed by atoms with E-state index in [9.17, 15) is 50.4 Å². The second-order valence-corrected chi connectivity index (χ2v) is 25.8. The number of hydrogen-bond acceptors (Lipinski definition) is 17. The Hall–Kier alpha value is -2.98. The number of ether oxygens (including phenoxy) is 2. The first-order valence-electron chi connectivity index (χ1n) is 19.2. The molecule has 10 unspecified atom stereocenters. The van der Waals surface area contributed by atoms with E-state index in [2.05, 4.69) is 31.9 Å². The summed E-state index contributed by atoms with van der Waals surface area (Å²) in [4.78, 5) is 84.4. The number of alkyl halides is 2. The van der Waals surface area contributed by atoms with Gasteiger partial charge in [-0.3, -0.25) is 22.7 Å². The smallest absolute Gasteiger partial charge is 0.417 e. The van der Waals surface area contributed by atoms with Gasteiger partial charge in [0.05, 0.1) is 52.0 Å². The third kappa shape index (κ3) is 15.6. The van der Waals surface area contributed by atoms with E-state index in [4.69, 9.17) is 29.7 Å². The van der Waals surface area contributed by atoms with E-state index in [0.717, 1.165) is 25.9 Å². The van der Waals surface area contributed by atoms with E-state index in [1.54, 1.807) is 53.7 Å². The number of carbonyl (C=O) groups is 7. The second-order valence-electron chi connectivity index (χ2n) is 17.1. The minimum atomic E-state index is -3.90. The van der Waals surface area contributed by atoms with Crippen LogP contribution in [-0.2, 0) is 68.2 Å². The van der Waals surface area contributed by atoms with Crippen LogP contribution < -0.4 is 5.73 Å². The molecule has 7 rings (SSSR count). The molecule has 4 bridgehead atoms. The van der Waals surface area contributed by atoms with Crippen LogP contribution in [0.15, 0.2) is 30.3 Å². The zero-order valence-electron chi connectivity index (χ0n) is 36.4. The van der Waals surface area contributed by atoms with Gasteiger partial charge in [-0.25, -0.2) is 19.4 Å². The van der Waals surface area contributed by atoms with Crippen molar-refractivity contribution >= 4 is 115 Å². The Morgan fingerprint density at radius 1 is 0.703 bits per heavy atom. The quantitative estimate of drug-likeness (QED) is 0.199. The van der Waals surface area contributed by atoms with Crippen LogP contribution in [0.1, 0.15) is 82.6 Å². The average Bonchev–Trinajstić information content (AvgIpc) is 3.09. The summed E-state index contributed by atoms with van der Waals surface area (Å²) in [6.45, 7) is 14.5. The van der Waals surface area contributed by atoms with Crippen molar-refractivity contribution in [2.45, 2.75) is 128 Å². The Kier molecular flexibility index (Phi) is 19.8. The fourth-order valence-corrected chi connectivity index (χ4v) is 13.2. The molecular weight excluding hydrogens is 1130 g/mol. The summed E-state index contributed by atoms with van der Waals surface area (Å²) in [6, 6.07) is 7.21. The molecule has 0 spiro atoms. The molecule has 1 aromatic rings. The van der Waals surface area contributed by atoms with E-state index >= 15 is 0 Å². The number of imide groups is 2. The molecule has 2 N–H and O–H groups in total. The van der Waals surface area contributed by atoms with Crippen molar-refractivity contribution in [2.75, 3.05) is 12.5 Å². The molecule has 364 valence electrons. The third-order valence-corrected chi connectivity index (χ3v) is 16.5. The number of carbonyl (C=O) groups excluding carboxylic acids is 7. The first kappa shape index (κ1) is 57.1. The van der Waals surface area contributed by atoms with Crippen molar-refractivity contribution in [1.82, 2.24) is 9.80 Å². The summed E-state index contributed by atoms with van der Waals surface area (Å²) >= 11 is 4.07. The third-order valence-electron chi connectivity index (χ3n) is 9.29. The van der Waals surface area contributed by atoms with Crippen LogP contribution in [0.5, 0.6) is 0 Å². The van der Waals surface area contributed by atoms with Gasteiger partial charge in [0.2, 0.25) is 17.7 Å². The molecule has 0 radical (unpaired) electrons.